The van der Waals surface area contributed by atoms with E-state index in [1.807, 2.05) is 0 Å². The molecule has 0 bridgehead atoms. The molecule has 0 N–H and O–H groups in total. The highest BCUT2D eigenvalue weighted by Crippen LogP contribution is 2.28. The molecule has 0 radical (unpaired) electrons. The third-order valence-corrected chi connectivity index (χ3v) is 5.72. The van der Waals surface area contributed by atoms with E-state index in [4.69, 9.17) is 11.6 Å². The van der Waals surface area contributed by atoms with Crippen LogP contribution in [-0.4, -0.2) is 8.42 Å². The molecule has 0 saturated heterocycles. The van der Waals surface area contributed by atoms with Gasteiger partial charge in [-0.2, -0.15) is 0 Å². The number of benzene rings is 3. The Morgan fingerprint density at radius 2 is 1.44 bits per heavy atom. The van der Waals surface area contributed by atoms with Crippen LogP contribution in [0.3, 0.4) is 0 Å². The first-order valence-corrected chi connectivity index (χ1v) is 9.37. The second-order valence-electron chi connectivity index (χ2n) is 5.40. The van der Waals surface area contributed by atoms with Crippen LogP contribution in [0.5, 0.6) is 0 Å². The van der Waals surface area contributed by atoms with Crippen LogP contribution in [0.2, 0.25) is 5.02 Å². The van der Waals surface area contributed by atoms with Crippen LogP contribution in [0.25, 0.3) is 0 Å². The number of anilines is 1. The monoisotopic (exact) mass is 375 g/mol. The Morgan fingerprint density at radius 3 is 2.08 bits per heavy atom. The highest BCUT2D eigenvalue weighted by molar-refractivity contribution is 7.92. The summed E-state index contributed by atoms with van der Waals surface area (Å²) in [6.45, 7) is -0.00463. The minimum absolute atomic E-state index is 0.00121. The average Bonchev–Trinajstić information content (AvgIpc) is 2.63. The summed E-state index contributed by atoms with van der Waals surface area (Å²) in [5.74, 6) is -0.601. The molecule has 0 unspecified atom stereocenters. The van der Waals surface area contributed by atoms with Gasteiger partial charge in [0.25, 0.3) is 10.0 Å². The number of rotatable bonds is 5. The van der Waals surface area contributed by atoms with Gasteiger partial charge in [0, 0.05) is 5.02 Å². The predicted octanol–water partition coefficient (Wildman–Crippen LogP) is 4.87. The van der Waals surface area contributed by atoms with E-state index >= 15 is 0 Å². The Labute approximate surface area is 151 Å². The van der Waals surface area contributed by atoms with E-state index in [1.165, 1.54) is 30.3 Å². The van der Waals surface area contributed by atoms with Gasteiger partial charge >= 0.3 is 0 Å². The number of hydrogen-bond donors (Lipinski definition) is 0. The lowest BCUT2D eigenvalue weighted by Crippen LogP contribution is -2.31. The van der Waals surface area contributed by atoms with E-state index in [0.717, 1.165) is 4.31 Å². The predicted molar refractivity (Wildman–Crippen MR) is 97.7 cm³/mol. The van der Waals surface area contributed by atoms with Crippen LogP contribution in [0.15, 0.2) is 83.8 Å². The summed E-state index contributed by atoms with van der Waals surface area (Å²) in [4.78, 5) is 0.104. The average molecular weight is 376 g/mol. The maximum absolute atomic E-state index is 14.3. The molecule has 3 rings (SSSR count). The third kappa shape index (κ3) is 3.83. The lowest BCUT2D eigenvalue weighted by molar-refractivity contribution is 0.584. The van der Waals surface area contributed by atoms with Crippen molar-refractivity contribution >= 4 is 27.3 Å². The molecule has 0 amide bonds. The summed E-state index contributed by atoms with van der Waals surface area (Å²) in [7, 11) is -3.92. The van der Waals surface area contributed by atoms with Crippen molar-refractivity contribution in [1.29, 1.82) is 0 Å². The molecule has 0 heterocycles. The first-order valence-electron chi connectivity index (χ1n) is 7.55. The summed E-state index contributed by atoms with van der Waals surface area (Å²) in [5.41, 5.74) is 0.702. The number of sulfonamides is 1. The first kappa shape index (κ1) is 17.5. The maximum Gasteiger partial charge on any atom is 0.264 e. The Hall–Kier alpha value is -2.37. The molecule has 0 aromatic heterocycles. The van der Waals surface area contributed by atoms with Crippen LogP contribution in [0.1, 0.15) is 5.56 Å². The van der Waals surface area contributed by atoms with Crippen molar-refractivity contribution in [2.75, 3.05) is 4.31 Å². The van der Waals surface area contributed by atoms with Crippen molar-refractivity contribution < 1.29 is 12.8 Å². The van der Waals surface area contributed by atoms with Crippen molar-refractivity contribution in [1.82, 2.24) is 0 Å². The number of para-hydroxylation sites is 1. The molecule has 0 aliphatic rings. The summed E-state index contributed by atoms with van der Waals surface area (Å²) in [6.07, 6.45) is 0. The number of hydrogen-bond acceptors (Lipinski definition) is 2. The van der Waals surface area contributed by atoms with E-state index in [9.17, 15) is 12.8 Å². The zero-order chi connectivity index (χ0) is 17.9. The Kier molecular flexibility index (Phi) is 5.06. The molecular formula is C19H15ClFNO2S. The molecule has 128 valence electrons. The summed E-state index contributed by atoms with van der Waals surface area (Å²) in [5, 5.41) is 0.548. The quantitative estimate of drug-likeness (QED) is 0.637. The largest absolute Gasteiger partial charge is 0.264 e. The molecule has 3 aromatic rings. The van der Waals surface area contributed by atoms with Crippen molar-refractivity contribution in [3.05, 3.63) is 95.3 Å². The van der Waals surface area contributed by atoms with E-state index in [2.05, 4.69) is 0 Å². The van der Waals surface area contributed by atoms with Crippen LogP contribution in [-0.2, 0) is 16.6 Å². The first-order chi connectivity index (χ1) is 12.0. The molecule has 3 nitrogen and oxygen atoms in total. The molecule has 0 spiro atoms. The lowest BCUT2D eigenvalue weighted by Gasteiger charge is -2.25. The summed E-state index contributed by atoms with van der Waals surface area (Å²) in [6, 6.07) is 20.6. The molecule has 3 aromatic carbocycles. The van der Waals surface area contributed by atoms with Crippen molar-refractivity contribution in [2.45, 2.75) is 11.4 Å². The molecule has 0 aliphatic heterocycles. The van der Waals surface area contributed by atoms with E-state index in [0.29, 0.717) is 10.6 Å². The second-order valence-corrected chi connectivity index (χ2v) is 7.70. The Balaban J connectivity index is 2.09. The van der Waals surface area contributed by atoms with Gasteiger partial charge in [-0.15, -0.1) is 0 Å². The standard InChI is InChI=1S/C19H15ClFNO2S/c20-16-12-10-15(11-13-16)14-22(19-9-5-4-8-18(19)21)25(23,24)17-6-2-1-3-7-17/h1-13H,14H2. The van der Waals surface area contributed by atoms with Crippen LogP contribution >= 0.6 is 11.6 Å². The fraction of sp³-hybridized carbons (Fsp3) is 0.0526. The van der Waals surface area contributed by atoms with Crippen molar-refractivity contribution in [2.24, 2.45) is 0 Å². The van der Waals surface area contributed by atoms with Crippen LogP contribution in [0.4, 0.5) is 10.1 Å². The Morgan fingerprint density at radius 1 is 0.840 bits per heavy atom. The van der Waals surface area contributed by atoms with Gasteiger partial charge in [0.1, 0.15) is 5.82 Å². The minimum atomic E-state index is -3.92. The van der Waals surface area contributed by atoms with E-state index in [-0.39, 0.29) is 17.1 Å². The third-order valence-electron chi connectivity index (χ3n) is 3.69. The van der Waals surface area contributed by atoms with Crippen molar-refractivity contribution in [3.8, 4) is 0 Å². The van der Waals surface area contributed by atoms with Gasteiger partial charge in [0.15, 0.2) is 0 Å². The summed E-state index contributed by atoms with van der Waals surface area (Å²) >= 11 is 5.88. The highest BCUT2D eigenvalue weighted by atomic mass is 35.5. The molecule has 0 atom stereocenters. The minimum Gasteiger partial charge on any atom is -0.259 e. The topological polar surface area (TPSA) is 37.4 Å². The van der Waals surface area contributed by atoms with Crippen LogP contribution in [0, 0.1) is 5.82 Å². The molecule has 0 aliphatic carbocycles. The fourth-order valence-corrected chi connectivity index (χ4v) is 4.04. The van der Waals surface area contributed by atoms with Gasteiger partial charge in [0.05, 0.1) is 17.1 Å². The lowest BCUT2D eigenvalue weighted by atomic mass is 10.2. The summed E-state index contributed by atoms with van der Waals surface area (Å²) < 4.78 is 41.6. The molecule has 25 heavy (non-hydrogen) atoms. The highest BCUT2D eigenvalue weighted by Gasteiger charge is 2.27. The molecule has 0 saturated carbocycles. The smallest absolute Gasteiger partial charge is 0.259 e. The maximum atomic E-state index is 14.3. The van der Waals surface area contributed by atoms with Gasteiger partial charge in [-0.05, 0) is 42.0 Å². The second kappa shape index (κ2) is 7.25. The van der Waals surface area contributed by atoms with Crippen molar-refractivity contribution in [3.63, 3.8) is 0 Å². The van der Waals surface area contributed by atoms with Crippen LogP contribution < -0.4 is 4.31 Å². The van der Waals surface area contributed by atoms with Gasteiger partial charge in [-0.1, -0.05) is 54.1 Å². The molecule has 0 fully saturated rings. The SMILES string of the molecule is O=S(=O)(c1ccccc1)N(Cc1ccc(Cl)cc1)c1ccccc1F. The van der Waals surface area contributed by atoms with Gasteiger partial charge in [-0.3, -0.25) is 4.31 Å². The van der Waals surface area contributed by atoms with E-state index in [1.54, 1.807) is 48.5 Å². The zero-order valence-corrected chi connectivity index (χ0v) is 14.7. The Bertz CT molecular complexity index is 960. The van der Waals surface area contributed by atoms with Gasteiger partial charge in [-0.25, -0.2) is 12.8 Å². The molecular weight excluding hydrogens is 361 g/mol. The van der Waals surface area contributed by atoms with Gasteiger partial charge in [0.2, 0.25) is 0 Å². The number of halogens is 2. The normalized spacial score (nSPS) is 11.3. The van der Waals surface area contributed by atoms with Gasteiger partial charge < -0.3 is 0 Å². The number of nitrogens with zero attached hydrogens (tertiary/aromatic N) is 1. The molecule has 6 heteroatoms. The zero-order valence-electron chi connectivity index (χ0n) is 13.1. The fourth-order valence-electron chi connectivity index (χ4n) is 2.43. The van der Waals surface area contributed by atoms with E-state index < -0.39 is 15.8 Å².